The van der Waals surface area contributed by atoms with Crippen molar-refractivity contribution < 1.29 is 39.8 Å². The fourth-order valence-electron chi connectivity index (χ4n) is 7.83. The molecule has 7 N–H and O–H groups in total. The fourth-order valence-corrected chi connectivity index (χ4v) is 7.83. The van der Waals surface area contributed by atoms with Crippen molar-refractivity contribution in [3.8, 4) is 11.5 Å². The van der Waals surface area contributed by atoms with Gasteiger partial charge in [0.25, 0.3) is 0 Å². The van der Waals surface area contributed by atoms with E-state index in [0.717, 1.165) is 59.6 Å². The quantitative estimate of drug-likeness (QED) is 0.172. The summed E-state index contributed by atoms with van der Waals surface area (Å²) in [6.45, 7) is 1.98. The number of rotatable bonds is 3. The summed E-state index contributed by atoms with van der Waals surface area (Å²) in [6.07, 6.45) is 4.27. The molecule has 0 radical (unpaired) electrons. The maximum Gasteiger partial charge on any atom is 0.191 e. The number of hydrogen-bond donors (Lipinski definition) is 5. The Morgan fingerprint density at radius 1 is 1.19 bits per heavy atom. The minimum atomic E-state index is -1.01. The third kappa shape index (κ3) is 3.01. The van der Waals surface area contributed by atoms with Gasteiger partial charge in [-0.1, -0.05) is 6.07 Å². The summed E-state index contributed by atoms with van der Waals surface area (Å²) in [7, 11) is 0. The zero-order valence-corrected chi connectivity index (χ0v) is 21.7. The highest BCUT2D eigenvalue weighted by molar-refractivity contribution is 5.90. The van der Waals surface area contributed by atoms with Gasteiger partial charge in [0.1, 0.15) is 0 Å². The van der Waals surface area contributed by atoms with E-state index in [9.17, 15) is 10.2 Å². The maximum atomic E-state index is 12.9. The zero-order chi connectivity index (χ0) is 23.7. The number of guanidine groups is 1. The Hall–Kier alpha value is -2.65. The van der Waals surface area contributed by atoms with Crippen LogP contribution >= 0.6 is 0 Å². The summed E-state index contributed by atoms with van der Waals surface area (Å²) in [5.41, 5.74) is 15.6. The molecule has 2 aliphatic heterocycles. The van der Waals surface area contributed by atoms with E-state index in [0.29, 0.717) is 17.9 Å². The summed E-state index contributed by atoms with van der Waals surface area (Å²) in [6, 6.07) is 9.64. The van der Waals surface area contributed by atoms with E-state index in [2.05, 4.69) is 14.9 Å². The summed E-state index contributed by atoms with van der Waals surface area (Å²) in [4.78, 5) is 10.4. The highest BCUT2D eigenvalue weighted by Crippen LogP contribution is 2.69. The number of likely N-dealkylation sites (tertiary alicyclic amines) is 1. The lowest BCUT2D eigenvalue weighted by molar-refractivity contribution is -0.173. The third-order valence-electron chi connectivity index (χ3n) is 9.40. The molecule has 1 saturated carbocycles. The smallest absolute Gasteiger partial charge is 0.191 e. The number of hydrogen-bond acceptors (Lipinski definition) is 5. The normalized spacial score (nSPS) is 30.4. The number of aliphatic hydroxyl groups is 1. The van der Waals surface area contributed by atoms with E-state index in [1.54, 1.807) is 6.07 Å². The van der Waals surface area contributed by atoms with Crippen molar-refractivity contribution in [2.24, 2.45) is 22.4 Å². The highest BCUT2D eigenvalue weighted by Gasteiger charge is 2.72. The number of ether oxygens (including phenoxy) is 1. The number of nitrogens with two attached hydrogens (primary N) is 2. The number of fused-ring (bicyclic) bond motifs is 4. The van der Waals surface area contributed by atoms with E-state index >= 15 is 0 Å². The third-order valence-corrected chi connectivity index (χ3v) is 9.40. The van der Waals surface area contributed by atoms with Crippen LogP contribution in [0.2, 0.25) is 0 Å². The Labute approximate surface area is 226 Å². The van der Waals surface area contributed by atoms with Gasteiger partial charge >= 0.3 is 0 Å². The van der Waals surface area contributed by atoms with Crippen LogP contribution < -0.4 is 41.0 Å². The lowest BCUT2D eigenvalue weighted by atomic mass is 9.49. The van der Waals surface area contributed by atoms with Crippen molar-refractivity contribution in [1.82, 2.24) is 9.88 Å². The van der Waals surface area contributed by atoms with Crippen molar-refractivity contribution in [3.63, 3.8) is 0 Å². The number of aromatic amines is 1. The van der Waals surface area contributed by atoms with Gasteiger partial charge in [-0.15, -0.1) is 0 Å². The molecule has 5 aliphatic rings. The Morgan fingerprint density at radius 2 is 2.00 bits per heavy atom. The monoisotopic (exact) mass is 541 g/mol. The minimum Gasteiger partial charge on any atom is -1.00 e. The molecule has 37 heavy (non-hydrogen) atoms. The molecule has 196 valence electrons. The number of phenols is 1. The first-order valence-corrected chi connectivity index (χ1v) is 12.6. The number of benzene rings is 2. The van der Waals surface area contributed by atoms with Crippen molar-refractivity contribution in [3.05, 3.63) is 52.7 Å². The van der Waals surface area contributed by atoms with Crippen LogP contribution in [0.4, 0.5) is 5.69 Å². The number of halogens is 2. The fraction of sp³-hybridized carbons (Fsp3) is 0.444. The SMILES string of the molecule is NC(N)=Nc1ccc2[nH]c3c(c2c1)CC1(O)C2Cc4ccc(O)c5c4C1(CCN2CC1CC1)C3O5.[Cl-].[Cl-]. The topological polar surface area (TPSA) is 133 Å². The first-order valence-electron chi connectivity index (χ1n) is 12.6. The summed E-state index contributed by atoms with van der Waals surface area (Å²) in [5, 5.41) is 24.7. The number of H-pyrrole nitrogens is 1. The molecule has 4 unspecified atom stereocenters. The van der Waals surface area contributed by atoms with Crippen molar-refractivity contribution >= 4 is 22.5 Å². The summed E-state index contributed by atoms with van der Waals surface area (Å²) >= 11 is 0. The number of aromatic nitrogens is 1. The first-order chi connectivity index (χ1) is 16.9. The summed E-state index contributed by atoms with van der Waals surface area (Å²) in [5.74, 6) is 1.46. The van der Waals surface area contributed by atoms with Crippen molar-refractivity contribution in [2.45, 2.75) is 55.3 Å². The van der Waals surface area contributed by atoms with Crippen LogP contribution in [0.25, 0.3) is 10.9 Å². The van der Waals surface area contributed by atoms with Gasteiger partial charge < -0.3 is 56.2 Å². The van der Waals surface area contributed by atoms with Gasteiger partial charge in [-0.25, -0.2) is 4.99 Å². The Balaban J connectivity index is 0.00000126. The van der Waals surface area contributed by atoms with E-state index in [4.69, 9.17) is 16.2 Å². The molecular weight excluding hydrogens is 513 g/mol. The van der Waals surface area contributed by atoms with Crippen molar-refractivity contribution in [1.29, 1.82) is 0 Å². The van der Waals surface area contributed by atoms with Gasteiger partial charge in [0.05, 0.1) is 22.4 Å². The van der Waals surface area contributed by atoms with Gasteiger partial charge in [-0.2, -0.15) is 0 Å². The minimum absolute atomic E-state index is 0. The molecule has 1 spiro atoms. The van der Waals surface area contributed by atoms with Crippen LogP contribution in [0.1, 0.15) is 47.8 Å². The molecule has 4 atom stereocenters. The maximum absolute atomic E-state index is 12.9. The molecule has 0 amide bonds. The highest BCUT2D eigenvalue weighted by atomic mass is 35.5. The molecule has 1 saturated heterocycles. The molecule has 1 aromatic heterocycles. The lowest BCUT2D eigenvalue weighted by Crippen LogP contribution is -3.00. The first kappa shape index (κ1) is 24.7. The second-order valence-corrected chi connectivity index (χ2v) is 11.2. The van der Waals surface area contributed by atoms with E-state index in [-0.39, 0.29) is 48.7 Å². The standard InChI is InChI=1S/C27H29N5O3.2ClH/c28-25(29)30-15-4-5-18-16(10-15)17-11-27(34)20-9-14-3-6-19(33)23-21(14)26(27,24(35-23)22(17)31-18)7-8-32(20)12-13-1-2-13;;/h3-6,10,13,20,24,31,33-34H,1-2,7-9,11-12H2,(H4,28,29,30);2*1H/p-2. The van der Waals surface area contributed by atoms with E-state index < -0.39 is 11.0 Å². The molecule has 8 nitrogen and oxygen atoms in total. The average molecular weight is 542 g/mol. The number of piperidine rings is 1. The van der Waals surface area contributed by atoms with Gasteiger partial charge in [0.15, 0.2) is 23.6 Å². The molecular formula is C27H29Cl2N5O3-2. The second kappa shape index (κ2) is 7.93. The molecule has 10 heteroatoms. The number of aliphatic imine (C=N–C) groups is 1. The van der Waals surface area contributed by atoms with E-state index in [1.807, 2.05) is 24.3 Å². The Morgan fingerprint density at radius 3 is 2.76 bits per heavy atom. The zero-order valence-electron chi connectivity index (χ0n) is 20.2. The lowest BCUT2D eigenvalue weighted by Gasteiger charge is -2.62. The van der Waals surface area contributed by atoms with Gasteiger partial charge in [-0.05, 0) is 73.5 Å². The van der Waals surface area contributed by atoms with Gasteiger partial charge in [0.2, 0.25) is 0 Å². The molecule has 2 bridgehead atoms. The molecule has 3 heterocycles. The van der Waals surface area contributed by atoms with Crippen molar-refractivity contribution in [2.75, 3.05) is 13.1 Å². The largest absolute Gasteiger partial charge is 1.00 e. The molecule has 3 aromatic rings. The predicted molar refractivity (Wildman–Crippen MR) is 132 cm³/mol. The number of nitrogens with one attached hydrogen (secondary N) is 1. The number of aromatic hydroxyl groups is 1. The number of nitrogens with zero attached hydrogens (tertiary/aromatic N) is 2. The second-order valence-electron chi connectivity index (χ2n) is 11.2. The van der Waals surface area contributed by atoms with Crippen LogP contribution in [0, 0.1) is 5.92 Å². The average Bonchev–Trinajstić information content (AvgIpc) is 3.46. The van der Waals surface area contributed by atoms with Gasteiger partial charge in [-0.3, -0.25) is 4.90 Å². The number of phenolic OH excluding ortho intramolecular Hbond substituents is 1. The van der Waals surface area contributed by atoms with E-state index in [1.165, 1.54) is 18.4 Å². The molecule has 2 fully saturated rings. The van der Waals surface area contributed by atoms with Crippen LogP contribution in [0.3, 0.4) is 0 Å². The van der Waals surface area contributed by atoms with Crippen LogP contribution in [-0.2, 0) is 18.3 Å². The molecule has 8 rings (SSSR count). The van der Waals surface area contributed by atoms with Crippen LogP contribution in [0.15, 0.2) is 35.3 Å². The predicted octanol–water partition coefficient (Wildman–Crippen LogP) is -3.51. The molecule has 2 aromatic carbocycles. The van der Waals surface area contributed by atoms with Gasteiger partial charge in [0, 0.05) is 35.5 Å². The van der Waals surface area contributed by atoms with Crippen LogP contribution in [-0.4, -0.2) is 50.8 Å². The summed E-state index contributed by atoms with van der Waals surface area (Å²) < 4.78 is 6.63. The Kier molecular flexibility index (Phi) is 5.29. The Bertz CT molecular complexity index is 1470. The molecule has 3 aliphatic carbocycles. The van der Waals surface area contributed by atoms with Crippen LogP contribution in [0.5, 0.6) is 11.5 Å².